The SMILES string of the molecule is CC(CC(N)=NO)NC(=O)C1Cc2ccccc2S1. The van der Waals surface area contributed by atoms with E-state index in [1.165, 1.54) is 10.5 Å². The van der Waals surface area contributed by atoms with Gasteiger partial charge in [-0.2, -0.15) is 0 Å². The van der Waals surface area contributed by atoms with E-state index in [1.807, 2.05) is 25.1 Å². The average Bonchev–Trinajstić information content (AvgIpc) is 2.82. The van der Waals surface area contributed by atoms with E-state index in [-0.39, 0.29) is 23.0 Å². The molecule has 0 aromatic heterocycles. The lowest BCUT2D eigenvalue weighted by Crippen LogP contribution is -2.40. The number of hydrogen-bond donors (Lipinski definition) is 3. The minimum absolute atomic E-state index is 0.000519. The molecule has 0 fully saturated rings. The van der Waals surface area contributed by atoms with Gasteiger partial charge in [-0.3, -0.25) is 4.79 Å². The maximum atomic E-state index is 12.1. The number of nitrogens with two attached hydrogens (primary N) is 1. The highest BCUT2D eigenvalue weighted by atomic mass is 32.2. The Bertz CT molecular complexity index is 479. The minimum Gasteiger partial charge on any atom is -0.409 e. The Labute approximate surface area is 116 Å². The van der Waals surface area contributed by atoms with Gasteiger partial charge in [0.2, 0.25) is 5.91 Å². The summed E-state index contributed by atoms with van der Waals surface area (Å²) in [4.78, 5) is 13.3. The molecular weight excluding hydrogens is 262 g/mol. The van der Waals surface area contributed by atoms with Crippen LogP contribution in [0, 0.1) is 0 Å². The molecule has 0 bridgehead atoms. The highest BCUT2D eigenvalue weighted by molar-refractivity contribution is 8.01. The number of fused-ring (bicyclic) bond motifs is 1. The molecular formula is C13H17N3O2S. The Morgan fingerprint density at radius 1 is 1.63 bits per heavy atom. The average molecular weight is 279 g/mol. The summed E-state index contributed by atoms with van der Waals surface area (Å²) in [6, 6.07) is 7.91. The topological polar surface area (TPSA) is 87.7 Å². The fourth-order valence-electron chi connectivity index (χ4n) is 2.07. The zero-order valence-electron chi connectivity index (χ0n) is 10.7. The molecule has 0 aliphatic carbocycles. The molecule has 1 aliphatic heterocycles. The van der Waals surface area contributed by atoms with E-state index in [0.717, 1.165) is 6.42 Å². The Morgan fingerprint density at radius 2 is 2.37 bits per heavy atom. The zero-order chi connectivity index (χ0) is 13.8. The third-order valence-corrected chi connectivity index (χ3v) is 4.29. The van der Waals surface area contributed by atoms with Crippen LogP contribution in [-0.4, -0.2) is 28.2 Å². The zero-order valence-corrected chi connectivity index (χ0v) is 11.5. The van der Waals surface area contributed by atoms with Gasteiger partial charge in [0.05, 0.1) is 5.25 Å². The van der Waals surface area contributed by atoms with Crippen molar-refractivity contribution < 1.29 is 10.0 Å². The summed E-state index contributed by atoms with van der Waals surface area (Å²) in [6.07, 6.45) is 1.09. The van der Waals surface area contributed by atoms with Crippen LogP contribution in [0.2, 0.25) is 0 Å². The van der Waals surface area contributed by atoms with Crippen LogP contribution in [0.1, 0.15) is 18.9 Å². The van der Waals surface area contributed by atoms with Crippen molar-refractivity contribution >= 4 is 23.5 Å². The van der Waals surface area contributed by atoms with Gasteiger partial charge in [-0.15, -0.1) is 11.8 Å². The van der Waals surface area contributed by atoms with Gasteiger partial charge in [0.25, 0.3) is 0 Å². The van der Waals surface area contributed by atoms with Crippen LogP contribution in [0.4, 0.5) is 0 Å². The first kappa shape index (κ1) is 13.7. The second-order valence-electron chi connectivity index (χ2n) is 4.62. The molecule has 0 saturated heterocycles. The molecule has 1 heterocycles. The molecule has 0 spiro atoms. The number of amides is 1. The summed E-state index contributed by atoms with van der Waals surface area (Å²) in [5.74, 6) is 0.120. The number of thioether (sulfide) groups is 1. The van der Waals surface area contributed by atoms with Gasteiger partial charge in [-0.1, -0.05) is 23.4 Å². The lowest BCUT2D eigenvalue weighted by atomic mass is 10.1. The van der Waals surface area contributed by atoms with Crippen LogP contribution in [0.3, 0.4) is 0 Å². The number of rotatable bonds is 4. The molecule has 4 N–H and O–H groups in total. The fraction of sp³-hybridized carbons (Fsp3) is 0.385. The van der Waals surface area contributed by atoms with E-state index in [2.05, 4.69) is 16.5 Å². The van der Waals surface area contributed by atoms with Crippen molar-refractivity contribution in [3.8, 4) is 0 Å². The van der Waals surface area contributed by atoms with E-state index >= 15 is 0 Å². The summed E-state index contributed by atoms with van der Waals surface area (Å²) in [5.41, 5.74) is 6.63. The standard InChI is InChI=1S/C13H17N3O2S/c1-8(6-12(14)16-18)15-13(17)11-7-9-4-2-3-5-10(9)19-11/h2-5,8,11,18H,6-7H2,1H3,(H2,14,16)(H,15,17). The number of amidine groups is 1. The highest BCUT2D eigenvalue weighted by Crippen LogP contribution is 2.36. The number of hydrogen-bond acceptors (Lipinski definition) is 4. The Hall–Kier alpha value is -1.69. The fourth-order valence-corrected chi connectivity index (χ4v) is 3.27. The molecule has 1 aromatic rings. The van der Waals surface area contributed by atoms with Gasteiger partial charge >= 0.3 is 0 Å². The maximum Gasteiger partial charge on any atom is 0.234 e. The van der Waals surface area contributed by atoms with Gasteiger partial charge in [0, 0.05) is 17.4 Å². The molecule has 1 amide bonds. The van der Waals surface area contributed by atoms with Crippen LogP contribution in [0.25, 0.3) is 0 Å². The molecule has 0 saturated carbocycles. The highest BCUT2D eigenvalue weighted by Gasteiger charge is 2.28. The molecule has 2 atom stereocenters. The third kappa shape index (κ3) is 3.41. The molecule has 5 nitrogen and oxygen atoms in total. The smallest absolute Gasteiger partial charge is 0.234 e. The molecule has 6 heteroatoms. The Morgan fingerprint density at radius 3 is 3.05 bits per heavy atom. The van der Waals surface area contributed by atoms with Crippen molar-refractivity contribution in [1.82, 2.24) is 5.32 Å². The van der Waals surface area contributed by atoms with E-state index in [9.17, 15) is 4.79 Å². The van der Waals surface area contributed by atoms with Crippen LogP contribution in [0.5, 0.6) is 0 Å². The van der Waals surface area contributed by atoms with Crippen molar-refractivity contribution in [2.75, 3.05) is 0 Å². The summed E-state index contributed by atoms with van der Waals surface area (Å²) in [7, 11) is 0. The first-order valence-electron chi connectivity index (χ1n) is 6.11. The molecule has 0 radical (unpaired) electrons. The molecule has 102 valence electrons. The van der Waals surface area contributed by atoms with Gasteiger partial charge in [0.15, 0.2) is 0 Å². The summed E-state index contributed by atoms with van der Waals surface area (Å²) in [5, 5.41) is 14.2. The number of nitrogens with one attached hydrogen (secondary N) is 1. The molecule has 2 unspecified atom stereocenters. The first-order chi connectivity index (χ1) is 9.10. The van der Waals surface area contributed by atoms with Crippen LogP contribution < -0.4 is 11.1 Å². The van der Waals surface area contributed by atoms with Crippen LogP contribution in [-0.2, 0) is 11.2 Å². The quantitative estimate of drug-likeness (QED) is 0.336. The van der Waals surface area contributed by atoms with E-state index in [0.29, 0.717) is 6.42 Å². The monoisotopic (exact) mass is 279 g/mol. The minimum atomic E-state index is -0.146. The first-order valence-corrected chi connectivity index (χ1v) is 6.99. The van der Waals surface area contributed by atoms with Crippen LogP contribution in [0.15, 0.2) is 34.3 Å². The van der Waals surface area contributed by atoms with Crippen molar-refractivity contribution in [2.45, 2.75) is 36.0 Å². The summed E-state index contributed by atoms with van der Waals surface area (Å²) in [6.45, 7) is 1.84. The molecule has 2 rings (SSSR count). The largest absolute Gasteiger partial charge is 0.409 e. The summed E-state index contributed by atoms with van der Waals surface area (Å²) < 4.78 is 0. The second kappa shape index (κ2) is 5.97. The van der Waals surface area contributed by atoms with Crippen molar-refractivity contribution in [3.05, 3.63) is 29.8 Å². The molecule has 19 heavy (non-hydrogen) atoms. The predicted molar refractivity (Wildman–Crippen MR) is 75.4 cm³/mol. The lowest BCUT2D eigenvalue weighted by Gasteiger charge is -2.15. The van der Waals surface area contributed by atoms with Gasteiger partial charge in [-0.05, 0) is 25.0 Å². The van der Waals surface area contributed by atoms with Crippen molar-refractivity contribution in [3.63, 3.8) is 0 Å². The molecule has 1 aromatic carbocycles. The lowest BCUT2D eigenvalue weighted by molar-refractivity contribution is -0.121. The molecule has 1 aliphatic rings. The second-order valence-corrected chi connectivity index (χ2v) is 5.87. The number of carbonyl (C=O) groups is 1. The van der Waals surface area contributed by atoms with E-state index in [4.69, 9.17) is 10.9 Å². The van der Waals surface area contributed by atoms with E-state index < -0.39 is 0 Å². The number of oxime groups is 1. The van der Waals surface area contributed by atoms with Crippen LogP contribution >= 0.6 is 11.8 Å². The van der Waals surface area contributed by atoms with Crippen molar-refractivity contribution in [2.24, 2.45) is 10.9 Å². The van der Waals surface area contributed by atoms with Gasteiger partial charge in [-0.25, -0.2) is 0 Å². The third-order valence-electron chi connectivity index (χ3n) is 2.97. The Kier molecular flexibility index (Phi) is 4.31. The summed E-state index contributed by atoms with van der Waals surface area (Å²) >= 11 is 1.59. The van der Waals surface area contributed by atoms with Gasteiger partial charge in [0.1, 0.15) is 5.84 Å². The number of benzene rings is 1. The predicted octanol–water partition coefficient (Wildman–Crippen LogP) is 1.34. The van der Waals surface area contributed by atoms with E-state index in [1.54, 1.807) is 11.8 Å². The maximum absolute atomic E-state index is 12.1. The number of carbonyl (C=O) groups excluding carboxylic acids is 1. The Balaban J connectivity index is 1.89. The van der Waals surface area contributed by atoms with Crippen molar-refractivity contribution in [1.29, 1.82) is 0 Å². The van der Waals surface area contributed by atoms with Gasteiger partial charge < -0.3 is 16.3 Å². The number of nitrogens with zero attached hydrogens (tertiary/aromatic N) is 1. The normalized spacial score (nSPS) is 19.8.